The van der Waals surface area contributed by atoms with E-state index in [0.29, 0.717) is 6.54 Å². The Labute approximate surface area is 110 Å². The van der Waals surface area contributed by atoms with Crippen molar-refractivity contribution in [2.45, 2.75) is 44.8 Å². The second-order valence-corrected chi connectivity index (χ2v) is 5.30. The molecule has 1 unspecified atom stereocenters. The van der Waals surface area contributed by atoms with Gasteiger partial charge in [0.15, 0.2) is 0 Å². The SMILES string of the molecule is CC(NCC1(CO)CCCC1)C(=O)NCC(F)(F)F. The van der Waals surface area contributed by atoms with Gasteiger partial charge >= 0.3 is 6.18 Å². The highest BCUT2D eigenvalue weighted by Crippen LogP contribution is 2.36. The molecule has 1 rings (SSSR count). The molecule has 1 amide bonds. The molecule has 0 spiro atoms. The lowest BCUT2D eigenvalue weighted by molar-refractivity contribution is -0.139. The van der Waals surface area contributed by atoms with Gasteiger partial charge in [-0.05, 0) is 19.8 Å². The molecule has 1 fully saturated rings. The van der Waals surface area contributed by atoms with Crippen molar-refractivity contribution in [2.75, 3.05) is 19.7 Å². The summed E-state index contributed by atoms with van der Waals surface area (Å²) in [5.41, 5.74) is -0.224. The average Bonchev–Trinajstić information content (AvgIpc) is 2.81. The molecule has 0 aromatic carbocycles. The molecule has 1 aliphatic rings. The van der Waals surface area contributed by atoms with E-state index in [4.69, 9.17) is 0 Å². The van der Waals surface area contributed by atoms with Crippen molar-refractivity contribution in [1.29, 1.82) is 0 Å². The lowest BCUT2D eigenvalue weighted by Gasteiger charge is -2.28. The number of alkyl halides is 3. The highest BCUT2D eigenvalue weighted by atomic mass is 19.4. The van der Waals surface area contributed by atoms with Gasteiger partial charge in [-0.3, -0.25) is 4.79 Å². The minimum absolute atomic E-state index is 0.0386. The molecule has 0 bridgehead atoms. The van der Waals surface area contributed by atoms with Gasteiger partial charge in [0.25, 0.3) is 0 Å². The molecular weight excluding hydrogens is 261 g/mol. The van der Waals surface area contributed by atoms with Crippen LogP contribution < -0.4 is 10.6 Å². The highest BCUT2D eigenvalue weighted by Gasteiger charge is 2.34. The zero-order valence-electron chi connectivity index (χ0n) is 11.0. The van der Waals surface area contributed by atoms with Crippen molar-refractivity contribution in [3.8, 4) is 0 Å². The van der Waals surface area contributed by atoms with Gasteiger partial charge in [-0.25, -0.2) is 0 Å². The molecule has 0 saturated heterocycles. The van der Waals surface area contributed by atoms with E-state index in [1.165, 1.54) is 6.92 Å². The first-order chi connectivity index (χ1) is 8.78. The Morgan fingerprint density at radius 1 is 1.37 bits per heavy atom. The van der Waals surface area contributed by atoms with Crippen LogP contribution in [0, 0.1) is 5.41 Å². The zero-order chi connectivity index (χ0) is 14.5. The lowest BCUT2D eigenvalue weighted by atomic mass is 9.87. The van der Waals surface area contributed by atoms with Gasteiger partial charge in [-0.2, -0.15) is 13.2 Å². The van der Waals surface area contributed by atoms with Gasteiger partial charge in [0.2, 0.25) is 5.91 Å². The van der Waals surface area contributed by atoms with Gasteiger partial charge < -0.3 is 15.7 Å². The van der Waals surface area contributed by atoms with E-state index in [2.05, 4.69) is 5.32 Å². The second kappa shape index (κ2) is 6.56. The topological polar surface area (TPSA) is 61.4 Å². The Hall–Kier alpha value is -0.820. The first-order valence-electron chi connectivity index (χ1n) is 6.47. The first-order valence-corrected chi connectivity index (χ1v) is 6.47. The Morgan fingerprint density at radius 3 is 2.42 bits per heavy atom. The fourth-order valence-corrected chi connectivity index (χ4v) is 2.32. The van der Waals surface area contributed by atoms with Crippen molar-refractivity contribution in [2.24, 2.45) is 5.41 Å². The number of nitrogens with one attached hydrogen (secondary N) is 2. The van der Waals surface area contributed by atoms with Crippen LogP contribution in [-0.2, 0) is 4.79 Å². The van der Waals surface area contributed by atoms with Crippen LogP contribution >= 0.6 is 0 Å². The first kappa shape index (κ1) is 16.2. The van der Waals surface area contributed by atoms with E-state index < -0.39 is 24.7 Å². The average molecular weight is 282 g/mol. The van der Waals surface area contributed by atoms with Gasteiger partial charge in [0, 0.05) is 18.6 Å². The third kappa shape index (κ3) is 5.36. The van der Waals surface area contributed by atoms with Crippen LogP contribution in [0.5, 0.6) is 0 Å². The number of carbonyl (C=O) groups excluding carboxylic acids is 1. The molecule has 1 atom stereocenters. The maximum absolute atomic E-state index is 12.0. The molecule has 0 aromatic heterocycles. The molecule has 0 aromatic rings. The number of aliphatic hydroxyl groups is 1. The summed E-state index contributed by atoms with van der Waals surface area (Å²) in [7, 11) is 0. The van der Waals surface area contributed by atoms with Crippen LogP contribution in [0.1, 0.15) is 32.6 Å². The maximum Gasteiger partial charge on any atom is 0.405 e. The number of amides is 1. The van der Waals surface area contributed by atoms with E-state index >= 15 is 0 Å². The lowest BCUT2D eigenvalue weighted by Crippen LogP contribution is -2.48. The monoisotopic (exact) mass is 282 g/mol. The summed E-state index contributed by atoms with van der Waals surface area (Å²) in [6, 6.07) is -0.702. The van der Waals surface area contributed by atoms with Crippen molar-refractivity contribution in [1.82, 2.24) is 10.6 Å². The predicted octanol–water partition coefficient (Wildman–Crippen LogP) is 1.20. The number of carbonyl (C=O) groups is 1. The quantitative estimate of drug-likeness (QED) is 0.686. The maximum atomic E-state index is 12.0. The van der Waals surface area contributed by atoms with Crippen LogP contribution in [-0.4, -0.2) is 42.9 Å². The standard InChI is InChI=1S/C12H21F3N2O2/c1-9(10(19)17-7-12(13,14)15)16-6-11(8-18)4-2-3-5-11/h9,16,18H,2-8H2,1H3,(H,17,19). The molecule has 0 heterocycles. The summed E-state index contributed by atoms with van der Waals surface area (Å²) in [6.45, 7) is 0.690. The van der Waals surface area contributed by atoms with Crippen LogP contribution in [0.15, 0.2) is 0 Å². The summed E-state index contributed by atoms with van der Waals surface area (Å²) in [5, 5.41) is 14.1. The molecule has 1 aliphatic carbocycles. The molecule has 4 nitrogen and oxygen atoms in total. The Kier molecular flexibility index (Phi) is 5.61. The number of aliphatic hydroxyl groups excluding tert-OH is 1. The number of halogens is 3. The summed E-state index contributed by atoms with van der Waals surface area (Å²) >= 11 is 0. The molecule has 19 heavy (non-hydrogen) atoms. The predicted molar refractivity (Wildman–Crippen MR) is 64.5 cm³/mol. The van der Waals surface area contributed by atoms with Crippen LogP contribution in [0.2, 0.25) is 0 Å². The van der Waals surface area contributed by atoms with E-state index in [1.54, 1.807) is 0 Å². The van der Waals surface area contributed by atoms with Gasteiger partial charge in [0.05, 0.1) is 6.04 Å². The molecule has 7 heteroatoms. The van der Waals surface area contributed by atoms with Crippen LogP contribution in [0.3, 0.4) is 0 Å². The normalized spacial score (nSPS) is 20.3. The Bertz CT molecular complexity index is 302. The number of rotatable bonds is 6. The number of hydrogen-bond acceptors (Lipinski definition) is 3. The van der Waals surface area contributed by atoms with Crippen molar-refractivity contribution < 1.29 is 23.1 Å². The third-order valence-corrected chi connectivity index (χ3v) is 3.64. The minimum Gasteiger partial charge on any atom is -0.396 e. The molecule has 112 valence electrons. The molecule has 1 saturated carbocycles. The van der Waals surface area contributed by atoms with Gasteiger partial charge in [0.1, 0.15) is 6.54 Å². The summed E-state index contributed by atoms with van der Waals surface area (Å²) in [6.07, 6.45) is -0.554. The molecular formula is C12H21F3N2O2. The van der Waals surface area contributed by atoms with Gasteiger partial charge in [-0.1, -0.05) is 12.8 Å². The smallest absolute Gasteiger partial charge is 0.396 e. The largest absolute Gasteiger partial charge is 0.405 e. The summed E-state index contributed by atoms with van der Waals surface area (Å²) < 4.78 is 35.9. The Morgan fingerprint density at radius 2 is 1.95 bits per heavy atom. The van der Waals surface area contributed by atoms with E-state index in [9.17, 15) is 23.1 Å². The van der Waals surface area contributed by atoms with E-state index in [1.807, 2.05) is 5.32 Å². The fourth-order valence-electron chi connectivity index (χ4n) is 2.32. The summed E-state index contributed by atoms with van der Waals surface area (Å²) in [4.78, 5) is 11.5. The fraction of sp³-hybridized carbons (Fsp3) is 0.917. The summed E-state index contributed by atoms with van der Waals surface area (Å²) in [5.74, 6) is -0.677. The van der Waals surface area contributed by atoms with Crippen molar-refractivity contribution in [3.05, 3.63) is 0 Å². The van der Waals surface area contributed by atoms with Crippen LogP contribution in [0.4, 0.5) is 13.2 Å². The van der Waals surface area contributed by atoms with Crippen molar-refractivity contribution >= 4 is 5.91 Å². The molecule has 0 aliphatic heterocycles. The highest BCUT2D eigenvalue weighted by molar-refractivity contribution is 5.81. The minimum atomic E-state index is -4.40. The zero-order valence-corrected chi connectivity index (χ0v) is 11.0. The Balaban J connectivity index is 2.33. The van der Waals surface area contributed by atoms with Crippen LogP contribution in [0.25, 0.3) is 0 Å². The second-order valence-electron chi connectivity index (χ2n) is 5.30. The van der Waals surface area contributed by atoms with E-state index in [-0.39, 0.29) is 12.0 Å². The van der Waals surface area contributed by atoms with E-state index in [0.717, 1.165) is 25.7 Å². The third-order valence-electron chi connectivity index (χ3n) is 3.64. The van der Waals surface area contributed by atoms with Crippen molar-refractivity contribution in [3.63, 3.8) is 0 Å². The molecule has 3 N–H and O–H groups in total. The number of hydrogen-bond donors (Lipinski definition) is 3. The molecule has 0 radical (unpaired) electrons. The van der Waals surface area contributed by atoms with Gasteiger partial charge in [-0.15, -0.1) is 0 Å².